The Kier molecular flexibility index (Phi) is 5.26. The van der Waals surface area contributed by atoms with Crippen LogP contribution in [-0.2, 0) is 11.3 Å². The number of amides is 2. The molecule has 0 aromatic carbocycles. The molecule has 0 radical (unpaired) electrons. The minimum absolute atomic E-state index is 0.0971. The van der Waals surface area contributed by atoms with Gasteiger partial charge in [0.1, 0.15) is 6.10 Å². The minimum Gasteiger partial charge on any atom is -0.368 e. The zero-order chi connectivity index (χ0) is 17.8. The quantitative estimate of drug-likeness (QED) is 0.879. The number of carbonyl (C=O) groups excluding carboxylic acids is 1. The summed E-state index contributed by atoms with van der Waals surface area (Å²) in [6, 6.07) is 1.78. The van der Waals surface area contributed by atoms with E-state index in [0.717, 1.165) is 30.4 Å². The zero-order valence-corrected chi connectivity index (χ0v) is 15.3. The van der Waals surface area contributed by atoms with Crippen LogP contribution >= 0.6 is 11.3 Å². The molecule has 4 rings (SSSR count). The van der Waals surface area contributed by atoms with Crippen molar-refractivity contribution in [3.63, 3.8) is 0 Å². The van der Waals surface area contributed by atoms with Crippen LogP contribution in [0.15, 0.2) is 23.2 Å². The Labute approximate surface area is 156 Å². The molecular weight excluding hydrogens is 352 g/mol. The monoisotopic (exact) mass is 374 g/mol. The maximum absolute atomic E-state index is 12.4. The van der Waals surface area contributed by atoms with Gasteiger partial charge < -0.3 is 19.9 Å². The average Bonchev–Trinajstić information content (AvgIpc) is 3.40. The molecule has 2 aromatic heterocycles. The van der Waals surface area contributed by atoms with Gasteiger partial charge in [-0.05, 0) is 18.9 Å². The lowest BCUT2D eigenvalue weighted by Crippen LogP contribution is -2.47. The fourth-order valence-electron chi connectivity index (χ4n) is 3.23. The summed E-state index contributed by atoms with van der Waals surface area (Å²) in [6.07, 6.45) is 3.92. The molecule has 2 amide bonds. The second-order valence-corrected chi connectivity index (χ2v) is 7.14. The molecule has 2 aliphatic heterocycles. The first-order valence-electron chi connectivity index (χ1n) is 8.89. The molecule has 0 aliphatic carbocycles. The van der Waals surface area contributed by atoms with E-state index >= 15 is 0 Å². The number of thiazole rings is 1. The number of carbonyl (C=O) groups is 1. The number of urea groups is 1. The van der Waals surface area contributed by atoms with E-state index < -0.39 is 0 Å². The Hall–Kier alpha value is -2.26. The van der Waals surface area contributed by atoms with Gasteiger partial charge in [0.15, 0.2) is 0 Å². The van der Waals surface area contributed by atoms with Gasteiger partial charge >= 0.3 is 6.03 Å². The van der Waals surface area contributed by atoms with Gasteiger partial charge in [-0.1, -0.05) is 0 Å². The van der Waals surface area contributed by atoms with E-state index in [1.54, 1.807) is 16.6 Å². The molecule has 2 aliphatic rings. The van der Waals surface area contributed by atoms with Crippen molar-refractivity contribution in [1.29, 1.82) is 0 Å². The molecule has 26 heavy (non-hydrogen) atoms. The molecule has 2 saturated heterocycles. The SMILES string of the molecule is O=C(NCc1cscn1)N1CCO[C@H](c2ccnc(N3CCCC3)n2)C1. The lowest BCUT2D eigenvalue weighted by Gasteiger charge is -2.32. The van der Waals surface area contributed by atoms with Crippen LogP contribution in [0.3, 0.4) is 0 Å². The normalized spacial score (nSPS) is 20.4. The summed E-state index contributed by atoms with van der Waals surface area (Å²) >= 11 is 1.52. The van der Waals surface area contributed by atoms with Gasteiger partial charge in [-0.15, -0.1) is 11.3 Å². The maximum atomic E-state index is 12.4. The van der Waals surface area contributed by atoms with Crippen LogP contribution < -0.4 is 10.2 Å². The molecule has 2 fully saturated rings. The number of nitrogens with one attached hydrogen (secondary N) is 1. The molecule has 0 bridgehead atoms. The van der Waals surface area contributed by atoms with Crippen molar-refractivity contribution >= 4 is 23.3 Å². The number of ether oxygens (including phenoxy) is 1. The summed E-state index contributed by atoms with van der Waals surface area (Å²) in [4.78, 5) is 29.7. The van der Waals surface area contributed by atoms with Gasteiger partial charge in [-0.25, -0.2) is 19.7 Å². The van der Waals surface area contributed by atoms with Gasteiger partial charge in [0.05, 0.1) is 36.6 Å². The number of hydrogen-bond donors (Lipinski definition) is 1. The molecule has 0 unspecified atom stereocenters. The van der Waals surface area contributed by atoms with Gasteiger partial charge in [0, 0.05) is 31.2 Å². The smallest absolute Gasteiger partial charge is 0.317 e. The highest BCUT2D eigenvalue weighted by molar-refractivity contribution is 7.07. The predicted octanol–water partition coefficient (Wildman–Crippen LogP) is 1.82. The topological polar surface area (TPSA) is 83.5 Å². The van der Waals surface area contributed by atoms with Gasteiger partial charge in [-0.3, -0.25) is 0 Å². The van der Waals surface area contributed by atoms with E-state index in [2.05, 4.69) is 25.2 Å². The number of rotatable bonds is 4. The van der Waals surface area contributed by atoms with Crippen molar-refractivity contribution in [3.05, 3.63) is 34.5 Å². The lowest BCUT2D eigenvalue weighted by atomic mass is 10.2. The summed E-state index contributed by atoms with van der Waals surface area (Å²) in [5, 5.41) is 4.85. The standard InChI is InChI=1S/C17H22N6O2S/c24-17(19-9-13-11-26-12-20-13)23-7-8-25-15(10-23)14-3-4-18-16(21-14)22-5-1-2-6-22/h3-4,11-12,15H,1-2,5-10H2,(H,19,24)/t15-/m0/s1. The lowest BCUT2D eigenvalue weighted by molar-refractivity contribution is -0.0176. The largest absolute Gasteiger partial charge is 0.368 e. The first kappa shape index (κ1) is 17.2. The number of hydrogen-bond acceptors (Lipinski definition) is 7. The Morgan fingerprint density at radius 2 is 2.19 bits per heavy atom. The third-order valence-electron chi connectivity index (χ3n) is 4.64. The summed E-state index contributed by atoms with van der Waals surface area (Å²) in [5.41, 5.74) is 3.47. The molecule has 1 N–H and O–H groups in total. The third kappa shape index (κ3) is 3.94. The molecule has 0 saturated carbocycles. The molecule has 138 valence electrons. The Morgan fingerprint density at radius 1 is 1.31 bits per heavy atom. The van der Waals surface area contributed by atoms with Crippen molar-refractivity contribution in [2.75, 3.05) is 37.7 Å². The van der Waals surface area contributed by atoms with E-state index in [1.165, 1.54) is 24.2 Å². The highest BCUT2D eigenvalue weighted by atomic mass is 32.1. The van der Waals surface area contributed by atoms with Crippen molar-refractivity contribution < 1.29 is 9.53 Å². The summed E-state index contributed by atoms with van der Waals surface area (Å²) in [7, 11) is 0. The molecule has 0 spiro atoms. The van der Waals surface area contributed by atoms with Crippen molar-refractivity contribution in [1.82, 2.24) is 25.2 Å². The van der Waals surface area contributed by atoms with Gasteiger partial charge in [0.2, 0.25) is 5.95 Å². The fourth-order valence-corrected chi connectivity index (χ4v) is 3.78. The Bertz CT molecular complexity index is 735. The Balaban J connectivity index is 1.38. The van der Waals surface area contributed by atoms with Crippen LogP contribution in [0.1, 0.15) is 30.3 Å². The molecule has 8 nitrogen and oxygen atoms in total. The van der Waals surface area contributed by atoms with Crippen LogP contribution in [0.25, 0.3) is 0 Å². The zero-order valence-electron chi connectivity index (χ0n) is 14.5. The number of aromatic nitrogens is 3. The van der Waals surface area contributed by atoms with Crippen molar-refractivity contribution in [2.45, 2.75) is 25.5 Å². The number of morpholine rings is 1. The van der Waals surface area contributed by atoms with E-state index in [-0.39, 0.29) is 12.1 Å². The van der Waals surface area contributed by atoms with E-state index in [4.69, 9.17) is 4.74 Å². The van der Waals surface area contributed by atoms with Crippen molar-refractivity contribution in [3.8, 4) is 0 Å². The molecule has 1 atom stereocenters. The van der Waals surface area contributed by atoms with E-state index in [9.17, 15) is 4.79 Å². The summed E-state index contributed by atoms with van der Waals surface area (Å²) in [5.74, 6) is 0.758. The molecule has 9 heteroatoms. The average molecular weight is 374 g/mol. The highest BCUT2D eigenvalue weighted by Crippen LogP contribution is 2.23. The second-order valence-electron chi connectivity index (χ2n) is 6.42. The van der Waals surface area contributed by atoms with Gasteiger partial charge in [-0.2, -0.15) is 0 Å². The Morgan fingerprint density at radius 3 is 3.00 bits per heavy atom. The maximum Gasteiger partial charge on any atom is 0.317 e. The third-order valence-corrected chi connectivity index (χ3v) is 5.28. The van der Waals surface area contributed by atoms with Crippen LogP contribution in [0.2, 0.25) is 0 Å². The van der Waals surface area contributed by atoms with Crippen LogP contribution in [0.4, 0.5) is 10.7 Å². The van der Waals surface area contributed by atoms with Gasteiger partial charge in [0.25, 0.3) is 0 Å². The highest BCUT2D eigenvalue weighted by Gasteiger charge is 2.27. The van der Waals surface area contributed by atoms with E-state index in [1.807, 2.05) is 11.4 Å². The van der Waals surface area contributed by atoms with Crippen LogP contribution in [-0.4, -0.2) is 58.7 Å². The minimum atomic E-state index is -0.224. The summed E-state index contributed by atoms with van der Waals surface area (Å²) in [6.45, 7) is 4.00. The van der Waals surface area contributed by atoms with Crippen molar-refractivity contribution in [2.24, 2.45) is 0 Å². The molecular formula is C17H22N6O2S. The van der Waals surface area contributed by atoms with E-state index in [0.29, 0.717) is 26.2 Å². The first-order chi connectivity index (χ1) is 12.8. The number of anilines is 1. The molecule has 4 heterocycles. The fraction of sp³-hybridized carbons (Fsp3) is 0.529. The van der Waals surface area contributed by atoms with Crippen LogP contribution in [0, 0.1) is 0 Å². The second kappa shape index (κ2) is 7.96. The summed E-state index contributed by atoms with van der Waals surface area (Å²) < 4.78 is 5.87. The predicted molar refractivity (Wildman–Crippen MR) is 98.1 cm³/mol. The number of nitrogens with zero attached hydrogens (tertiary/aromatic N) is 5. The molecule has 2 aromatic rings. The van der Waals surface area contributed by atoms with Crippen LogP contribution in [0.5, 0.6) is 0 Å². The first-order valence-corrected chi connectivity index (χ1v) is 9.83.